The van der Waals surface area contributed by atoms with Gasteiger partial charge in [0.05, 0.1) is 15.5 Å². The van der Waals surface area contributed by atoms with Gasteiger partial charge in [-0.05, 0) is 50.1 Å². The number of piperidine rings is 1. The van der Waals surface area contributed by atoms with Gasteiger partial charge in [0.1, 0.15) is 10.0 Å². The smallest absolute Gasteiger partial charge is 0.266 e. The predicted octanol–water partition coefficient (Wildman–Crippen LogP) is 4.94. The molecule has 3 aromatic rings. The molecule has 2 fully saturated rings. The van der Waals surface area contributed by atoms with Crippen molar-refractivity contribution in [1.82, 2.24) is 19.0 Å². The number of aromatic nitrogens is 2. The van der Waals surface area contributed by atoms with E-state index in [2.05, 4.69) is 0 Å². The number of sulfonamides is 1. The first-order chi connectivity index (χ1) is 17.4. The van der Waals surface area contributed by atoms with Crippen molar-refractivity contribution in [3.63, 3.8) is 0 Å². The Labute approximate surface area is 220 Å². The summed E-state index contributed by atoms with van der Waals surface area (Å²) >= 11 is 6.64. The number of thioether (sulfide) groups is 1. The molecule has 10 heteroatoms. The summed E-state index contributed by atoms with van der Waals surface area (Å²) in [7, 11) is -3.60. The Morgan fingerprint density at radius 2 is 1.81 bits per heavy atom. The summed E-state index contributed by atoms with van der Waals surface area (Å²) in [6, 6.07) is 16.6. The summed E-state index contributed by atoms with van der Waals surface area (Å²) in [5, 5.41) is 4.81. The normalized spacial score (nSPS) is 18.4. The van der Waals surface area contributed by atoms with Crippen LogP contribution in [0.1, 0.15) is 31.7 Å². The van der Waals surface area contributed by atoms with Gasteiger partial charge in [0.15, 0.2) is 0 Å². The van der Waals surface area contributed by atoms with Gasteiger partial charge in [-0.2, -0.15) is 9.40 Å². The van der Waals surface area contributed by atoms with Gasteiger partial charge in [0.25, 0.3) is 5.91 Å². The Morgan fingerprint density at radius 3 is 2.50 bits per heavy atom. The molecule has 0 unspecified atom stereocenters. The van der Waals surface area contributed by atoms with Gasteiger partial charge in [-0.3, -0.25) is 9.69 Å². The Bertz CT molecular complexity index is 1440. The van der Waals surface area contributed by atoms with Gasteiger partial charge in [-0.1, -0.05) is 60.7 Å². The molecule has 1 aromatic heterocycles. The molecular weight excluding hydrogens is 513 g/mol. The summed E-state index contributed by atoms with van der Waals surface area (Å²) < 4.78 is 30.5. The van der Waals surface area contributed by atoms with Crippen molar-refractivity contribution in [3.05, 3.63) is 71.3 Å². The average molecular weight is 539 g/mol. The lowest BCUT2D eigenvalue weighted by atomic mass is 10.1. The van der Waals surface area contributed by atoms with Crippen LogP contribution in [0.3, 0.4) is 0 Å². The number of nitrogens with zero attached hydrogens (tertiary/aromatic N) is 4. The largest absolute Gasteiger partial charge is 0.293 e. The van der Waals surface area contributed by atoms with Crippen molar-refractivity contribution < 1.29 is 13.2 Å². The minimum Gasteiger partial charge on any atom is -0.293 e. The third kappa shape index (κ3) is 4.78. The number of carbonyl (C=O) groups excluding carboxylic acids is 1. The molecule has 0 atom stereocenters. The maximum absolute atomic E-state index is 13.3. The summed E-state index contributed by atoms with van der Waals surface area (Å²) in [4.78, 5) is 15.2. The number of hydrogen-bond donors (Lipinski definition) is 0. The zero-order valence-corrected chi connectivity index (χ0v) is 22.3. The number of benzene rings is 2. The number of amides is 1. The fourth-order valence-electron chi connectivity index (χ4n) is 4.40. The van der Waals surface area contributed by atoms with Crippen LogP contribution in [-0.2, 0) is 14.8 Å². The zero-order chi connectivity index (χ0) is 25.3. The second-order valence-electron chi connectivity index (χ2n) is 8.63. The van der Waals surface area contributed by atoms with Crippen molar-refractivity contribution in [2.45, 2.75) is 31.1 Å². The maximum atomic E-state index is 13.3. The Morgan fingerprint density at radius 1 is 1.06 bits per heavy atom. The molecule has 5 rings (SSSR count). The van der Waals surface area contributed by atoms with Crippen molar-refractivity contribution >= 4 is 50.3 Å². The van der Waals surface area contributed by atoms with Crippen LogP contribution < -0.4 is 0 Å². The summed E-state index contributed by atoms with van der Waals surface area (Å²) in [6.45, 7) is 3.48. The fraction of sp³-hybridized carbons (Fsp3) is 0.269. The molecule has 0 radical (unpaired) electrons. The number of thiocarbonyl (C=S) groups is 1. The summed E-state index contributed by atoms with van der Waals surface area (Å²) in [6.07, 6.45) is 6.45. The van der Waals surface area contributed by atoms with E-state index in [1.54, 1.807) is 38.2 Å². The van der Waals surface area contributed by atoms with Crippen LogP contribution in [0.2, 0.25) is 0 Å². The molecular formula is C26H26N4O3S3. The quantitative estimate of drug-likeness (QED) is 0.327. The standard InChI is InChI=1S/C26H26N4O3S3/c1-2-29-25(31)23(35-26(29)34)17-20-18-30(21-11-5-3-6-12-21)27-24(20)19-10-9-13-22(16-19)36(32,33)28-14-7-4-8-15-28/h3,5-6,9-13,16-18H,2,4,7-8,14-15H2,1H3/b23-17-. The molecule has 0 N–H and O–H groups in total. The van der Waals surface area contributed by atoms with E-state index in [4.69, 9.17) is 17.3 Å². The number of hydrogen-bond acceptors (Lipinski definition) is 6. The first-order valence-corrected chi connectivity index (χ1v) is 14.6. The second-order valence-corrected chi connectivity index (χ2v) is 12.2. The lowest BCUT2D eigenvalue weighted by Gasteiger charge is -2.26. The zero-order valence-electron chi connectivity index (χ0n) is 19.8. The van der Waals surface area contributed by atoms with E-state index in [0.717, 1.165) is 24.9 Å². The minimum absolute atomic E-state index is 0.132. The van der Waals surface area contributed by atoms with Gasteiger partial charge in [-0.15, -0.1) is 0 Å². The van der Waals surface area contributed by atoms with Crippen molar-refractivity contribution in [1.29, 1.82) is 0 Å². The molecule has 0 spiro atoms. The third-order valence-corrected chi connectivity index (χ3v) is 9.57. The van der Waals surface area contributed by atoms with Gasteiger partial charge < -0.3 is 0 Å². The lowest BCUT2D eigenvalue weighted by Crippen LogP contribution is -2.35. The molecule has 0 bridgehead atoms. The first kappa shape index (κ1) is 24.9. The van der Waals surface area contributed by atoms with E-state index in [1.807, 2.05) is 49.5 Å². The highest BCUT2D eigenvalue weighted by molar-refractivity contribution is 8.26. The Hall–Kier alpha value is -2.79. The topological polar surface area (TPSA) is 75.5 Å². The molecule has 3 heterocycles. The van der Waals surface area contributed by atoms with Crippen molar-refractivity contribution in [3.8, 4) is 16.9 Å². The van der Waals surface area contributed by atoms with Crippen LogP contribution in [0.25, 0.3) is 23.0 Å². The summed E-state index contributed by atoms with van der Waals surface area (Å²) in [5.41, 5.74) is 2.83. The molecule has 186 valence electrons. The van der Waals surface area contributed by atoms with E-state index in [9.17, 15) is 13.2 Å². The molecule has 2 aliphatic rings. The van der Waals surface area contributed by atoms with Crippen LogP contribution in [0.15, 0.2) is 70.6 Å². The lowest BCUT2D eigenvalue weighted by molar-refractivity contribution is -0.121. The Kier molecular flexibility index (Phi) is 7.11. The summed E-state index contributed by atoms with van der Waals surface area (Å²) in [5.74, 6) is -0.132. The predicted molar refractivity (Wildman–Crippen MR) is 147 cm³/mol. The molecule has 2 aromatic carbocycles. The van der Waals surface area contributed by atoms with E-state index in [0.29, 0.717) is 45.7 Å². The van der Waals surface area contributed by atoms with Crippen molar-refractivity contribution in [2.24, 2.45) is 0 Å². The minimum atomic E-state index is -3.60. The highest BCUT2D eigenvalue weighted by atomic mass is 32.2. The van der Waals surface area contributed by atoms with Crippen LogP contribution in [-0.4, -0.2) is 57.3 Å². The molecule has 2 saturated heterocycles. The monoisotopic (exact) mass is 538 g/mol. The average Bonchev–Trinajstić information content (AvgIpc) is 3.45. The highest BCUT2D eigenvalue weighted by Crippen LogP contribution is 2.35. The highest BCUT2D eigenvalue weighted by Gasteiger charge is 2.31. The number of para-hydroxylation sites is 1. The van der Waals surface area contributed by atoms with E-state index >= 15 is 0 Å². The molecule has 7 nitrogen and oxygen atoms in total. The van der Waals surface area contributed by atoms with Crippen LogP contribution >= 0.6 is 24.0 Å². The van der Waals surface area contributed by atoms with Crippen LogP contribution in [0, 0.1) is 0 Å². The van der Waals surface area contributed by atoms with Gasteiger partial charge in [0, 0.05) is 37.0 Å². The van der Waals surface area contributed by atoms with Crippen molar-refractivity contribution in [2.75, 3.05) is 19.6 Å². The first-order valence-electron chi connectivity index (χ1n) is 11.9. The maximum Gasteiger partial charge on any atom is 0.266 e. The van der Waals surface area contributed by atoms with E-state index < -0.39 is 10.0 Å². The molecule has 36 heavy (non-hydrogen) atoms. The molecule has 0 aliphatic carbocycles. The second kappa shape index (κ2) is 10.3. The number of carbonyl (C=O) groups is 1. The van der Waals surface area contributed by atoms with Gasteiger partial charge in [-0.25, -0.2) is 13.1 Å². The molecule has 2 aliphatic heterocycles. The number of rotatable bonds is 6. The third-order valence-electron chi connectivity index (χ3n) is 6.30. The van der Waals surface area contributed by atoms with E-state index in [-0.39, 0.29) is 10.8 Å². The van der Waals surface area contributed by atoms with E-state index in [1.165, 1.54) is 11.8 Å². The SMILES string of the molecule is CCN1C(=O)/C(=C/c2cn(-c3ccccc3)nc2-c2cccc(S(=O)(=O)N3CCCCC3)c2)SC1=S. The number of likely N-dealkylation sites (N-methyl/N-ethyl adjacent to an activating group) is 1. The fourth-order valence-corrected chi connectivity index (χ4v) is 7.34. The van der Waals surface area contributed by atoms with Gasteiger partial charge in [0.2, 0.25) is 10.0 Å². The van der Waals surface area contributed by atoms with Crippen LogP contribution in [0.5, 0.6) is 0 Å². The Balaban J connectivity index is 1.60. The molecule has 0 saturated carbocycles. The molecule has 1 amide bonds. The van der Waals surface area contributed by atoms with Crippen LogP contribution in [0.4, 0.5) is 0 Å². The van der Waals surface area contributed by atoms with Gasteiger partial charge >= 0.3 is 0 Å².